The van der Waals surface area contributed by atoms with Crippen molar-refractivity contribution in [3.05, 3.63) is 30.0 Å². The summed E-state index contributed by atoms with van der Waals surface area (Å²) in [5.41, 5.74) is 2.17. The number of aromatic amines is 1. The molecule has 0 saturated carbocycles. The number of benzene rings is 1. The normalized spacial score (nSPS) is 10.9. The maximum absolute atomic E-state index is 9.34. The van der Waals surface area contributed by atoms with Crippen molar-refractivity contribution >= 4 is 10.9 Å². The van der Waals surface area contributed by atoms with Crippen molar-refractivity contribution in [1.82, 2.24) is 4.98 Å². The lowest BCUT2D eigenvalue weighted by Crippen LogP contribution is -1.87. The van der Waals surface area contributed by atoms with Crippen LogP contribution in [0.3, 0.4) is 0 Å². The zero-order chi connectivity index (χ0) is 9.97. The number of aryl methyl sites for hydroxylation is 1. The molecule has 0 bridgehead atoms. The molecule has 0 spiro atoms. The number of phenols is 1. The number of nitrogens with one attached hydrogen (secondary N) is 1. The van der Waals surface area contributed by atoms with Gasteiger partial charge in [0.2, 0.25) is 0 Å². The molecule has 0 unspecified atom stereocenters. The first kappa shape index (κ1) is 9.09. The fourth-order valence-electron chi connectivity index (χ4n) is 1.64. The Hall–Kier alpha value is -1.48. The molecule has 74 valence electrons. The summed E-state index contributed by atoms with van der Waals surface area (Å²) in [6.07, 6.45) is 3.52. The molecule has 3 heteroatoms. The van der Waals surface area contributed by atoms with Crippen molar-refractivity contribution in [3.8, 4) is 5.75 Å². The van der Waals surface area contributed by atoms with E-state index >= 15 is 0 Å². The Balaban J connectivity index is 2.40. The van der Waals surface area contributed by atoms with E-state index in [0.29, 0.717) is 0 Å². The van der Waals surface area contributed by atoms with Gasteiger partial charge >= 0.3 is 0 Å². The molecule has 1 aromatic carbocycles. The van der Waals surface area contributed by atoms with Crippen LogP contribution in [-0.4, -0.2) is 21.8 Å². The summed E-state index contributed by atoms with van der Waals surface area (Å²) >= 11 is 0. The van der Waals surface area contributed by atoms with Crippen LogP contribution >= 0.6 is 0 Å². The zero-order valence-electron chi connectivity index (χ0n) is 7.83. The predicted octanol–water partition coefficient (Wildman–Crippen LogP) is 1.80. The van der Waals surface area contributed by atoms with E-state index in [0.717, 1.165) is 29.3 Å². The molecule has 0 atom stereocenters. The number of aromatic hydroxyl groups is 1. The number of phenolic OH excluding ortho intramolecular Hbond substituents is 1. The average Bonchev–Trinajstić information content (AvgIpc) is 2.57. The lowest BCUT2D eigenvalue weighted by Gasteiger charge is -1.97. The van der Waals surface area contributed by atoms with Gasteiger partial charge in [-0.2, -0.15) is 0 Å². The van der Waals surface area contributed by atoms with E-state index in [1.54, 1.807) is 12.1 Å². The van der Waals surface area contributed by atoms with E-state index in [4.69, 9.17) is 5.11 Å². The molecule has 0 fully saturated rings. The van der Waals surface area contributed by atoms with Crippen LogP contribution in [0.2, 0.25) is 0 Å². The van der Waals surface area contributed by atoms with Gasteiger partial charge < -0.3 is 15.2 Å². The Labute approximate surface area is 82.0 Å². The number of hydrogen-bond acceptors (Lipinski definition) is 2. The molecule has 2 aromatic rings. The summed E-state index contributed by atoms with van der Waals surface area (Å²) in [6.45, 7) is 0.200. The van der Waals surface area contributed by atoms with Gasteiger partial charge in [-0.1, -0.05) is 0 Å². The van der Waals surface area contributed by atoms with E-state index in [1.807, 2.05) is 12.3 Å². The molecule has 14 heavy (non-hydrogen) atoms. The summed E-state index contributed by atoms with van der Waals surface area (Å²) in [5.74, 6) is 0.280. The van der Waals surface area contributed by atoms with Crippen LogP contribution in [0.4, 0.5) is 0 Å². The van der Waals surface area contributed by atoms with Gasteiger partial charge in [0, 0.05) is 23.7 Å². The van der Waals surface area contributed by atoms with Crippen molar-refractivity contribution in [2.45, 2.75) is 12.8 Å². The predicted molar refractivity (Wildman–Crippen MR) is 55.4 cm³/mol. The van der Waals surface area contributed by atoms with E-state index in [-0.39, 0.29) is 12.4 Å². The summed E-state index contributed by atoms with van der Waals surface area (Å²) in [5, 5.41) is 19.1. The van der Waals surface area contributed by atoms with Crippen molar-refractivity contribution in [2.24, 2.45) is 0 Å². The van der Waals surface area contributed by atoms with Gasteiger partial charge in [-0.3, -0.25) is 0 Å². The Morgan fingerprint density at radius 2 is 2.14 bits per heavy atom. The smallest absolute Gasteiger partial charge is 0.116 e. The molecule has 3 N–H and O–H groups in total. The van der Waals surface area contributed by atoms with Gasteiger partial charge in [-0.05, 0) is 36.6 Å². The molecule has 0 radical (unpaired) electrons. The molecule has 0 aliphatic heterocycles. The number of hydrogen-bond donors (Lipinski definition) is 3. The molecule has 0 saturated heterocycles. The minimum atomic E-state index is 0.200. The maximum Gasteiger partial charge on any atom is 0.116 e. The third-order valence-corrected chi connectivity index (χ3v) is 2.36. The fourth-order valence-corrected chi connectivity index (χ4v) is 1.64. The largest absolute Gasteiger partial charge is 0.508 e. The van der Waals surface area contributed by atoms with Gasteiger partial charge in [0.25, 0.3) is 0 Å². The Bertz CT molecular complexity index is 434. The molecule has 1 heterocycles. The first-order valence-corrected chi connectivity index (χ1v) is 4.71. The van der Waals surface area contributed by atoms with Gasteiger partial charge in [-0.25, -0.2) is 0 Å². The van der Waals surface area contributed by atoms with E-state index in [2.05, 4.69) is 4.98 Å². The van der Waals surface area contributed by atoms with Gasteiger partial charge in [0.15, 0.2) is 0 Å². The summed E-state index contributed by atoms with van der Waals surface area (Å²) in [6, 6.07) is 5.26. The molecule has 2 rings (SSSR count). The summed E-state index contributed by atoms with van der Waals surface area (Å²) in [4.78, 5) is 3.13. The van der Waals surface area contributed by atoms with Crippen molar-refractivity contribution in [2.75, 3.05) is 6.61 Å². The minimum absolute atomic E-state index is 0.200. The van der Waals surface area contributed by atoms with Crippen LogP contribution in [0, 0.1) is 0 Å². The summed E-state index contributed by atoms with van der Waals surface area (Å²) in [7, 11) is 0. The molecule has 3 nitrogen and oxygen atoms in total. The molecular formula is C11H13NO2. The van der Waals surface area contributed by atoms with Crippen LogP contribution in [0.25, 0.3) is 10.9 Å². The Morgan fingerprint density at radius 1 is 1.29 bits per heavy atom. The monoisotopic (exact) mass is 191 g/mol. The van der Waals surface area contributed by atoms with Crippen molar-refractivity contribution in [3.63, 3.8) is 0 Å². The van der Waals surface area contributed by atoms with Crippen molar-refractivity contribution < 1.29 is 10.2 Å². The quantitative estimate of drug-likeness (QED) is 0.692. The molecule has 1 aromatic heterocycles. The zero-order valence-corrected chi connectivity index (χ0v) is 7.83. The van der Waals surface area contributed by atoms with E-state index in [9.17, 15) is 5.11 Å². The first-order chi connectivity index (χ1) is 6.81. The number of fused-ring (bicyclic) bond motifs is 1. The summed E-state index contributed by atoms with van der Waals surface area (Å²) < 4.78 is 0. The van der Waals surface area contributed by atoms with Crippen LogP contribution < -0.4 is 0 Å². The molecule has 0 aliphatic carbocycles. The van der Waals surface area contributed by atoms with Crippen LogP contribution in [0.1, 0.15) is 12.0 Å². The topological polar surface area (TPSA) is 56.2 Å². The van der Waals surface area contributed by atoms with Crippen LogP contribution in [0.15, 0.2) is 24.4 Å². The standard InChI is InChI=1S/C11H13NO2/c13-5-1-2-8-7-12-11-4-3-9(14)6-10(8)11/h3-4,6-7,12-14H,1-2,5H2. The van der Waals surface area contributed by atoms with Gasteiger partial charge in [0.05, 0.1) is 0 Å². The second kappa shape index (κ2) is 3.72. The van der Waals surface area contributed by atoms with E-state index < -0.39 is 0 Å². The van der Waals surface area contributed by atoms with Crippen molar-refractivity contribution in [1.29, 1.82) is 0 Å². The lowest BCUT2D eigenvalue weighted by atomic mass is 10.1. The number of H-pyrrole nitrogens is 1. The Kier molecular flexibility index (Phi) is 2.41. The molecular weight excluding hydrogens is 178 g/mol. The highest BCUT2D eigenvalue weighted by Gasteiger charge is 2.03. The lowest BCUT2D eigenvalue weighted by molar-refractivity contribution is 0.289. The fraction of sp³-hybridized carbons (Fsp3) is 0.273. The van der Waals surface area contributed by atoms with Gasteiger partial charge in [-0.15, -0.1) is 0 Å². The number of rotatable bonds is 3. The van der Waals surface area contributed by atoms with Gasteiger partial charge in [0.1, 0.15) is 5.75 Å². The van der Waals surface area contributed by atoms with Crippen LogP contribution in [0.5, 0.6) is 5.75 Å². The molecule has 0 amide bonds. The number of aliphatic hydroxyl groups is 1. The maximum atomic E-state index is 9.34. The average molecular weight is 191 g/mol. The highest BCUT2D eigenvalue weighted by atomic mass is 16.3. The third-order valence-electron chi connectivity index (χ3n) is 2.36. The number of aromatic nitrogens is 1. The number of aliphatic hydroxyl groups excluding tert-OH is 1. The minimum Gasteiger partial charge on any atom is -0.508 e. The third kappa shape index (κ3) is 1.59. The first-order valence-electron chi connectivity index (χ1n) is 4.71. The highest BCUT2D eigenvalue weighted by molar-refractivity contribution is 5.84. The second-order valence-corrected chi connectivity index (χ2v) is 3.37. The van der Waals surface area contributed by atoms with E-state index in [1.165, 1.54) is 0 Å². The highest BCUT2D eigenvalue weighted by Crippen LogP contribution is 2.23. The SMILES string of the molecule is OCCCc1c[nH]c2ccc(O)cc12. The Morgan fingerprint density at radius 3 is 2.93 bits per heavy atom. The second-order valence-electron chi connectivity index (χ2n) is 3.37. The van der Waals surface area contributed by atoms with Crippen LogP contribution in [-0.2, 0) is 6.42 Å². The molecule has 0 aliphatic rings.